The number of aryl methyl sites for hydroxylation is 1. The summed E-state index contributed by atoms with van der Waals surface area (Å²) in [5.41, 5.74) is 3.68. The zero-order chi connectivity index (χ0) is 20.1. The molecular weight excluding hydrogens is 372 g/mol. The number of rotatable bonds is 7. The minimum Gasteiger partial charge on any atom is -0.394 e. The Morgan fingerprint density at radius 1 is 1.04 bits per heavy atom. The lowest BCUT2D eigenvalue weighted by Crippen LogP contribution is -2.30. The van der Waals surface area contributed by atoms with Gasteiger partial charge in [-0.15, -0.1) is 0 Å². The van der Waals surface area contributed by atoms with Crippen molar-refractivity contribution < 1.29 is 5.11 Å². The van der Waals surface area contributed by atoms with E-state index in [0.717, 1.165) is 27.5 Å². The van der Waals surface area contributed by atoms with Crippen LogP contribution in [0.2, 0.25) is 5.02 Å². The molecule has 1 aromatic heterocycles. The number of halogens is 1. The molecule has 0 aliphatic carbocycles. The van der Waals surface area contributed by atoms with Gasteiger partial charge < -0.3 is 15.7 Å². The Bertz CT molecular complexity index is 931. The topological polar surface area (TPSA) is 70.1 Å². The van der Waals surface area contributed by atoms with Crippen molar-refractivity contribution >= 4 is 29.1 Å². The fraction of sp³-hybridized carbons (Fsp3) is 0.273. The minimum atomic E-state index is -0.128. The van der Waals surface area contributed by atoms with Gasteiger partial charge in [-0.1, -0.05) is 55.8 Å². The molecule has 28 heavy (non-hydrogen) atoms. The quantitative estimate of drug-likeness (QED) is 0.507. The first-order chi connectivity index (χ1) is 13.5. The summed E-state index contributed by atoms with van der Waals surface area (Å²) in [6, 6.07) is 17.5. The number of hydrogen-bond donors (Lipinski definition) is 3. The van der Waals surface area contributed by atoms with E-state index in [9.17, 15) is 5.11 Å². The largest absolute Gasteiger partial charge is 0.394 e. The molecule has 6 heteroatoms. The van der Waals surface area contributed by atoms with Gasteiger partial charge in [-0.3, -0.25) is 0 Å². The molecule has 0 fully saturated rings. The standard InChI is InChI=1S/C22H25ClN4O/c1-14(2)20(13-28)26-22-25-19(16-7-5-4-6-8-16)12-21(27-22)24-17-9-10-18(23)15(3)11-17/h4-12,14,20,28H,13H2,1-3H3,(H2,24,25,26,27)/t20-/m0/s1. The minimum absolute atomic E-state index is 0.00965. The van der Waals surface area contributed by atoms with Crippen LogP contribution < -0.4 is 10.6 Å². The second-order valence-corrected chi connectivity index (χ2v) is 7.50. The third kappa shape index (κ3) is 5.00. The molecule has 1 heterocycles. The van der Waals surface area contributed by atoms with Crippen molar-refractivity contribution in [3.05, 3.63) is 65.2 Å². The van der Waals surface area contributed by atoms with E-state index in [4.69, 9.17) is 11.6 Å². The fourth-order valence-corrected chi connectivity index (χ4v) is 2.91. The summed E-state index contributed by atoms with van der Waals surface area (Å²) in [5, 5.41) is 17.0. The van der Waals surface area contributed by atoms with E-state index >= 15 is 0 Å². The van der Waals surface area contributed by atoms with Crippen LogP contribution in [0.1, 0.15) is 19.4 Å². The third-order valence-corrected chi connectivity index (χ3v) is 4.97. The summed E-state index contributed by atoms with van der Waals surface area (Å²) in [4.78, 5) is 9.25. The van der Waals surface area contributed by atoms with Crippen LogP contribution in [0.5, 0.6) is 0 Å². The summed E-state index contributed by atoms with van der Waals surface area (Å²) in [5.74, 6) is 1.38. The van der Waals surface area contributed by atoms with E-state index in [-0.39, 0.29) is 18.6 Å². The molecule has 3 rings (SSSR count). The number of anilines is 3. The predicted octanol–water partition coefficient (Wildman–Crippen LogP) is 5.28. The first kappa shape index (κ1) is 20.1. The Kier molecular flexibility index (Phi) is 6.49. The SMILES string of the molecule is Cc1cc(Nc2cc(-c3ccccc3)nc(N[C@@H](CO)C(C)C)n2)ccc1Cl. The highest BCUT2D eigenvalue weighted by atomic mass is 35.5. The number of nitrogens with one attached hydrogen (secondary N) is 2. The van der Waals surface area contributed by atoms with Gasteiger partial charge in [-0.2, -0.15) is 4.98 Å². The molecule has 0 bridgehead atoms. The van der Waals surface area contributed by atoms with Crippen molar-refractivity contribution in [2.45, 2.75) is 26.8 Å². The first-order valence-corrected chi connectivity index (χ1v) is 9.69. The maximum atomic E-state index is 9.66. The highest BCUT2D eigenvalue weighted by Gasteiger charge is 2.15. The number of nitrogens with zero attached hydrogens (tertiary/aromatic N) is 2. The molecule has 0 amide bonds. The zero-order valence-corrected chi connectivity index (χ0v) is 17.0. The molecule has 0 aliphatic rings. The predicted molar refractivity (Wildman–Crippen MR) is 116 cm³/mol. The van der Waals surface area contributed by atoms with Crippen molar-refractivity contribution in [2.24, 2.45) is 5.92 Å². The van der Waals surface area contributed by atoms with E-state index < -0.39 is 0 Å². The lowest BCUT2D eigenvalue weighted by Gasteiger charge is -2.20. The van der Waals surface area contributed by atoms with Crippen LogP contribution in [-0.4, -0.2) is 27.7 Å². The van der Waals surface area contributed by atoms with E-state index in [2.05, 4.69) is 20.6 Å². The molecule has 146 valence electrons. The number of aromatic nitrogens is 2. The summed E-state index contributed by atoms with van der Waals surface area (Å²) in [6.45, 7) is 6.06. The van der Waals surface area contributed by atoms with Crippen LogP contribution in [0.25, 0.3) is 11.3 Å². The van der Waals surface area contributed by atoms with Gasteiger partial charge in [0, 0.05) is 22.3 Å². The molecule has 0 aliphatic heterocycles. The van der Waals surface area contributed by atoms with E-state index in [1.807, 2.05) is 75.4 Å². The van der Waals surface area contributed by atoms with Crippen LogP contribution >= 0.6 is 11.6 Å². The molecule has 0 spiro atoms. The smallest absolute Gasteiger partial charge is 0.225 e. The molecule has 3 aromatic rings. The van der Waals surface area contributed by atoms with E-state index in [1.54, 1.807) is 0 Å². The van der Waals surface area contributed by atoms with Gasteiger partial charge in [0.05, 0.1) is 18.3 Å². The van der Waals surface area contributed by atoms with Crippen LogP contribution in [-0.2, 0) is 0 Å². The normalized spacial score (nSPS) is 12.1. The molecule has 1 atom stereocenters. The van der Waals surface area contributed by atoms with Gasteiger partial charge in [0.15, 0.2) is 0 Å². The number of aliphatic hydroxyl groups is 1. The van der Waals surface area contributed by atoms with Gasteiger partial charge in [0.2, 0.25) is 5.95 Å². The molecule has 0 saturated heterocycles. The average Bonchev–Trinajstić information content (AvgIpc) is 2.69. The number of hydrogen-bond acceptors (Lipinski definition) is 5. The second kappa shape index (κ2) is 9.04. The maximum Gasteiger partial charge on any atom is 0.225 e. The van der Waals surface area contributed by atoms with Crippen molar-refractivity contribution in [2.75, 3.05) is 17.2 Å². The zero-order valence-electron chi connectivity index (χ0n) is 16.3. The Morgan fingerprint density at radius 2 is 1.79 bits per heavy atom. The summed E-state index contributed by atoms with van der Waals surface area (Å²) in [7, 11) is 0. The Morgan fingerprint density at radius 3 is 2.43 bits per heavy atom. The van der Waals surface area contributed by atoms with Crippen molar-refractivity contribution in [1.82, 2.24) is 9.97 Å². The molecule has 3 N–H and O–H groups in total. The molecule has 0 radical (unpaired) electrons. The van der Waals surface area contributed by atoms with Gasteiger partial charge in [-0.05, 0) is 36.6 Å². The highest BCUT2D eigenvalue weighted by molar-refractivity contribution is 6.31. The summed E-state index contributed by atoms with van der Waals surface area (Å²) in [6.07, 6.45) is 0. The molecule has 0 unspecified atom stereocenters. The summed E-state index contributed by atoms with van der Waals surface area (Å²) >= 11 is 6.13. The van der Waals surface area contributed by atoms with Gasteiger partial charge in [0.1, 0.15) is 5.82 Å². The number of benzene rings is 2. The van der Waals surface area contributed by atoms with Crippen LogP contribution in [0.4, 0.5) is 17.5 Å². The van der Waals surface area contributed by atoms with Crippen molar-refractivity contribution in [3.8, 4) is 11.3 Å². The molecule has 0 saturated carbocycles. The van der Waals surface area contributed by atoms with Crippen LogP contribution in [0, 0.1) is 12.8 Å². The van der Waals surface area contributed by atoms with Crippen molar-refractivity contribution in [1.29, 1.82) is 0 Å². The average molecular weight is 397 g/mol. The van der Waals surface area contributed by atoms with E-state index in [1.165, 1.54) is 0 Å². The van der Waals surface area contributed by atoms with Crippen LogP contribution in [0.15, 0.2) is 54.6 Å². The van der Waals surface area contributed by atoms with Gasteiger partial charge in [0.25, 0.3) is 0 Å². The van der Waals surface area contributed by atoms with Gasteiger partial charge >= 0.3 is 0 Å². The van der Waals surface area contributed by atoms with Gasteiger partial charge in [-0.25, -0.2) is 4.98 Å². The molecular formula is C22H25ClN4O. The van der Waals surface area contributed by atoms with E-state index in [0.29, 0.717) is 11.8 Å². The monoisotopic (exact) mass is 396 g/mol. The molecule has 2 aromatic carbocycles. The number of aliphatic hydroxyl groups excluding tert-OH is 1. The highest BCUT2D eigenvalue weighted by Crippen LogP contribution is 2.26. The first-order valence-electron chi connectivity index (χ1n) is 9.31. The maximum absolute atomic E-state index is 9.66. The lowest BCUT2D eigenvalue weighted by molar-refractivity contribution is 0.248. The molecule has 5 nitrogen and oxygen atoms in total. The second-order valence-electron chi connectivity index (χ2n) is 7.09. The summed E-state index contributed by atoms with van der Waals surface area (Å²) < 4.78 is 0. The fourth-order valence-electron chi connectivity index (χ4n) is 2.79. The lowest BCUT2D eigenvalue weighted by atomic mass is 10.1. The van der Waals surface area contributed by atoms with Crippen molar-refractivity contribution in [3.63, 3.8) is 0 Å². The third-order valence-electron chi connectivity index (χ3n) is 4.54. The van der Waals surface area contributed by atoms with Crippen LogP contribution in [0.3, 0.4) is 0 Å². The Hall–Kier alpha value is -2.63. The Labute approximate surface area is 170 Å². The Balaban J connectivity index is 1.97.